The van der Waals surface area contributed by atoms with Crippen molar-refractivity contribution in [1.82, 2.24) is 14.9 Å². The number of hydrogen-bond acceptors (Lipinski definition) is 5. The van der Waals surface area contributed by atoms with Crippen LogP contribution in [0.5, 0.6) is 0 Å². The van der Waals surface area contributed by atoms with E-state index in [0.717, 1.165) is 16.9 Å². The Labute approximate surface area is 126 Å². The third-order valence-electron chi connectivity index (χ3n) is 2.94. The highest BCUT2D eigenvalue weighted by atomic mass is 32.2. The molecule has 0 unspecified atom stereocenters. The molecule has 0 aliphatic rings. The monoisotopic (exact) mass is 307 g/mol. The molecule has 0 saturated carbocycles. The molecule has 21 heavy (non-hydrogen) atoms. The predicted octanol–water partition coefficient (Wildman–Crippen LogP) is 1.19. The lowest BCUT2D eigenvalue weighted by Crippen LogP contribution is -2.26. The first-order chi connectivity index (χ1) is 10.2. The highest BCUT2D eigenvalue weighted by Gasteiger charge is 2.14. The molecule has 0 saturated heterocycles. The SMILES string of the molecule is CNC(=O)COC(=O)Cn1c(CSC)nc2ccccc21. The van der Waals surface area contributed by atoms with Gasteiger partial charge in [0.25, 0.3) is 5.91 Å². The average Bonchev–Trinajstić information content (AvgIpc) is 2.83. The van der Waals surface area contributed by atoms with Crippen LogP contribution in [0.15, 0.2) is 24.3 Å². The number of imidazole rings is 1. The lowest BCUT2D eigenvalue weighted by atomic mass is 10.3. The van der Waals surface area contributed by atoms with Gasteiger partial charge in [-0.1, -0.05) is 12.1 Å². The van der Waals surface area contributed by atoms with Crippen LogP contribution in [0.2, 0.25) is 0 Å². The number of hydrogen-bond donors (Lipinski definition) is 1. The van der Waals surface area contributed by atoms with Gasteiger partial charge >= 0.3 is 5.97 Å². The molecule has 1 N–H and O–H groups in total. The van der Waals surface area contributed by atoms with Gasteiger partial charge in [0.15, 0.2) is 6.61 Å². The number of rotatable bonds is 6. The van der Waals surface area contributed by atoms with Crippen molar-refractivity contribution in [3.63, 3.8) is 0 Å². The molecule has 1 aromatic carbocycles. The first kappa shape index (κ1) is 15.4. The van der Waals surface area contributed by atoms with Crippen LogP contribution in [-0.2, 0) is 26.6 Å². The number of nitrogens with one attached hydrogen (secondary N) is 1. The lowest BCUT2D eigenvalue weighted by molar-refractivity contribution is -0.148. The number of carbonyl (C=O) groups is 2. The Bertz CT molecular complexity index is 654. The summed E-state index contributed by atoms with van der Waals surface area (Å²) in [5.74, 6) is 0.741. The number of amides is 1. The summed E-state index contributed by atoms with van der Waals surface area (Å²) in [6, 6.07) is 7.63. The Morgan fingerprint density at radius 3 is 2.86 bits per heavy atom. The number of benzene rings is 1. The van der Waals surface area contributed by atoms with Crippen molar-refractivity contribution in [2.45, 2.75) is 12.3 Å². The van der Waals surface area contributed by atoms with Crippen LogP contribution in [-0.4, -0.2) is 41.3 Å². The molecule has 0 aliphatic heterocycles. The summed E-state index contributed by atoms with van der Waals surface area (Å²) in [6.07, 6.45) is 1.98. The molecule has 0 bridgehead atoms. The van der Waals surface area contributed by atoms with Gasteiger partial charge < -0.3 is 14.6 Å². The van der Waals surface area contributed by atoms with E-state index in [4.69, 9.17) is 4.74 Å². The molecule has 0 fully saturated rings. The van der Waals surface area contributed by atoms with E-state index >= 15 is 0 Å². The fourth-order valence-electron chi connectivity index (χ4n) is 1.93. The Hall–Kier alpha value is -2.02. The molecule has 2 aromatic rings. The molecule has 0 radical (unpaired) electrons. The quantitative estimate of drug-likeness (QED) is 0.812. The summed E-state index contributed by atoms with van der Waals surface area (Å²) in [5.41, 5.74) is 1.74. The molecule has 112 valence electrons. The van der Waals surface area contributed by atoms with E-state index in [1.165, 1.54) is 7.05 Å². The third-order valence-corrected chi connectivity index (χ3v) is 3.48. The molecular weight excluding hydrogens is 290 g/mol. The minimum atomic E-state index is -0.455. The van der Waals surface area contributed by atoms with E-state index < -0.39 is 5.97 Å². The van der Waals surface area contributed by atoms with Crippen LogP contribution < -0.4 is 5.32 Å². The number of para-hydroxylation sites is 2. The van der Waals surface area contributed by atoms with Crippen LogP contribution in [0.25, 0.3) is 11.0 Å². The van der Waals surface area contributed by atoms with E-state index in [2.05, 4.69) is 10.3 Å². The van der Waals surface area contributed by atoms with Gasteiger partial charge in [0, 0.05) is 7.05 Å². The standard InChI is InChI=1S/C14H17N3O3S/c1-15-13(18)8-20-14(19)7-17-11-6-4-3-5-10(11)16-12(17)9-21-2/h3-6H,7-9H2,1-2H3,(H,15,18). The van der Waals surface area contributed by atoms with Gasteiger partial charge in [-0.15, -0.1) is 0 Å². The van der Waals surface area contributed by atoms with E-state index in [9.17, 15) is 9.59 Å². The maximum Gasteiger partial charge on any atom is 0.326 e. The molecule has 1 heterocycles. The van der Waals surface area contributed by atoms with Crippen molar-refractivity contribution in [3.8, 4) is 0 Å². The number of likely N-dealkylation sites (N-methyl/N-ethyl adjacent to an activating group) is 1. The van der Waals surface area contributed by atoms with E-state index in [1.54, 1.807) is 11.8 Å². The van der Waals surface area contributed by atoms with Crippen LogP contribution >= 0.6 is 11.8 Å². The lowest BCUT2D eigenvalue weighted by Gasteiger charge is -2.08. The number of esters is 1. The van der Waals surface area contributed by atoms with Gasteiger partial charge in [0.2, 0.25) is 0 Å². The van der Waals surface area contributed by atoms with Gasteiger partial charge in [0.05, 0.1) is 16.8 Å². The van der Waals surface area contributed by atoms with Gasteiger partial charge in [-0.25, -0.2) is 4.98 Å². The first-order valence-corrected chi connectivity index (χ1v) is 7.84. The normalized spacial score (nSPS) is 10.6. The number of thioether (sulfide) groups is 1. The summed E-state index contributed by atoms with van der Waals surface area (Å²) < 4.78 is 6.78. The fourth-order valence-corrected chi connectivity index (χ4v) is 2.41. The van der Waals surface area contributed by atoms with Crippen molar-refractivity contribution >= 4 is 34.7 Å². The molecule has 6 nitrogen and oxygen atoms in total. The van der Waals surface area contributed by atoms with E-state index in [1.807, 2.05) is 35.1 Å². The maximum atomic E-state index is 11.9. The second-order valence-electron chi connectivity index (χ2n) is 4.37. The summed E-state index contributed by atoms with van der Waals surface area (Å²) in [4.78, 5) is 27.5. The van der Waals surface area contributed by atoms with Crippen LogP contribution in [0.1, 0.15) is 5.82 Å². The summed E-state index contributed by atoms with van der Waals surface area (Å²) >= 11 is 1.63. The maximum absolute atomic E-state index is 11.9. The van der Waals surface area contributed by atoms with E-state index in [-0.39, 0.29) is 19.1 Å². The van der Waals surface area contributed by atoms with Crippen molar-refractivity contribution < 1.29 is 14.3 Å². The van der Waals surface area contributed by atoms with Gasteiger partial charge in [-0.3, -0.25) is 9.59 Å². The molecule has 1 amide bonds. The molecule has 0 spiro atoms. The predicted molar refractivity (Wildman–Crippen MR) is 82.0 cm³/mol. The second kappa shape index (κ2) is 7.12. The molecule has 1 aromatic heterocycles. The minimum Gasteiger partial charge on any atom is -0.454 e. The fraction of sp³-hybridized carbons (Fsp3) is 0.357. The van der Waals surface area contributed by atoms with Gasteiger partial charge in [0.1, 0.15) is 12.4 Å². The number of carbonyl (C=O) groups excluding carboxylic acids is 2. The number of ether oxygens (including phenoxy) is 1. The zero-order valence-electron chi connectivity index (χ0n) is 12.0. The van der Waals surface area contributed by atoms with Gasteiger partial charge in [-0.05, 0) is 18.4 Å². The zero-order chi connectivity index (χ0) is 15.2. The molecule has 2 rings (SSSR count). The van der Waals surface area contributed by atoms with Crippen LogP contribution in [0.3, 0.4) is 0 Å². The highest BCUT2D eigenvalue weighted by Crippen LogP contribution is 2.18. The van der Waals surface area contributed by atoms with Crippen molar-refractivity contribution in [3.05, 3.63) is 30.1 Å². The van der Waals surface area contributed by atoms with Gasteiger partial charge in [-0.2, -0.15) is 11.8 Å². The number of nitrogens with zero attached hydrogens (tertiary/aromatic N) is 2. The minimum absolute atomic E-state index is 0.0490. The largest absolute Gasteiger partial charge is 0.454 e. The average molecular weight is 307 g/mol. The summed E-state index contributed by atoms with van der Waals surface area (Å²) in [5, 5.41) is 2.40. The Kier molecular flexibility index (Phi) is 5.21. The molecule has 0 atom stereocenters. The molecular formula is C14H17N3O3S. The van der Waals surface area contributed by atoms with Crippen molar-refractivity contribution in [2.24, 2.45) is 0 Å². The number of fused-ring (bicyclic) bond motifs is 1. The Morgan fingerprint density at radius 2 is 2.14 bits per heavy atom. The Morgan fingerprint density at radius 1 is 1.38 bits per heavy atom. The van der Waals surface area contributed by atoms with Crippen LogP contribution in [0.4, 0.5) is 0 Å². The Balaban J connectivity index is 2.17. The zero-order valence-corrected chi connectivity index (χ0v) is 12.8. The third kappa shape index (κ3) is 3.75. The van der Waals surface area contributed by atoms with Crippen LogP contribution in [0, 0.1) is 0 Å². The molecule has 7 heteroatoms. The van der Waals surface area contributed by atoms with E-state index in [0.29, 0.717) is 5.75 Å². The van der Waals surface area contributed by atoms with Crippen molar-refractivity contribution in [2.75, 3.05) is 19.9 Å². The molecule has 0 aliphatic carbocycles. The number of aromatic nitrogens is 2. The smallest absolute Gasteiger partial charge is 0.326 e. The van der Waals surface area contributed by atoms with Crippen molar-refractivity contribution in [1.29, 1.82) is 0 Å². The second-order valence-corrected chi connectivity index (χ2v) is 5.24. The summed E-state index contributed by atoms with van der Waals surface area (Å²) in [7, 11) is 1.50. The highest BCUT2D eigenvalue weighted by molar-refractivity contribution is 7.97. The topological polar surface area (TPSA) is 73.2 Å². The summed E-state index contributed by atoms with van der Waals surface area (Å²) in [6.45, 7) is -0.215. The first-order valence-electron chi connectivity index (χ1n) is 6.45.